The van der Waals surface area contributed by atoms with Crippen LogP contribution in [0.25, 0.3) is 0 Å². The molecule has 0 saturated heterocycles. The van der Waals surface area contributed by atoms with Gasteiger partial charge in [-0.2, -0.15) is 15.2 Å². The lowest BCUT2D eigenvalue weighted by atomic mass is 10.0. The summed E-state index contributed by atoms with van der Waals surface area (Å²) in [6.07, 6.45) is 0.359. The Balaban J connectivity index is 3.20. The SMILES string of the molecule is CCC(C)(C#N)NS(=O)(=O)c1ccc(C#N)c(C)c1. The lowest BCUT2D eigenvalue weighted by molar-refractivity contribution is 0.495. The van der Waals surface area contributed by atoms with Crippen molar-refractivity contribution in [2.75, 3.05) is 0 Å². The predicted octanol–water partition coefficient (Wildman–Crippen LogP) is 1.84. The molecule has 0 heterocycles. The molecule has 100 valence electrons. The summed E-state index contributed by atoms with van der Waals surface area (Å²) < 4.78 is 26.7. The zero-order chi connectivity index (χ0) is 14.7. The minimum absolute atomic E-state index is 0.0546. The standard InChI is InChI=1S/C13H15N3O2S/c1-4-13(3,9-15)16-19(17,18)12-6-5-11(8-14)10(2)7-12/h5-7,16H,4H2,1-3H3. The number of nitrogens with zero attached hydrogens (tertiary/aromatic N) is 2. The third kappa shape index (κ3) is 3.31. The first-order valence-corrected chi connectivity index (χ1v) is 7.22. The average Bonchev–Trinajstić information content (AvgIpc) is 2.38. The summed E-state index contributed by atoms with van der Waals surface area (Å²) in [6.45, 7) is 4.93. The maximum absolute atomic E-state index is 12.2. The minimum Gasteiger partial charge on any atom is -0.207 e. The smallest absolute Gasteiger partial charge is 0.207 e. The summed E-state index contributed by atoms with van der Waals surface area (Å²) >= 11 is 0. The Morgan fingerprint density at radius 1 is 1.37 bits per heavy atom. The van der Waals surface area contributed by atoms with Crippen molar-refractivity contribution in [3.05, 3.63) is 29.3 Å². The Kier molecular flexibility index (Phi) is 4.31. The quantitative estimate of drug-likeness (QED) is 0.908. The first kappa shape index (κ1) is 15.2. The molecule has 0 aliphatic rings. The number of benzene rings is 1. The number of hydrogen-bond acceptors (Lipinski definition) is 4. The highest BCUT2D eigenvalue weighted by Gasteiger charge is 2.29. The van der Waals surface area contributed by atoms with Crippen LogP contribution in [-0.2, 0) is 10.0 Å². The molecule has 1 N–H and O–H groups in total. The van der Waals surface area contributed by atoms with Crippen LogP contribution in [-0.4, -0.2) is 14.0 Å². The van der Waals surface area contributed by atoms with Gasteiger partial charge in [-0.1, -0.05) is 6.92 Å². The summed E-state index contributed by atoms with van der Waals surface area (Å²) in [6, 6.07) is 8.17. The first-order valence-electron chi connectivity index (χ1n) is 5.74. The van der Waals surface area contributed by atoms with Gasteiger partial charge in [0.25, 0.3) is 0 Å². The molecule has 1 unspecified atom stereocenters. The van der Waals surface area contributed by atoms with E-state index in [2.05, 4.69) is 4.72 Å². The minimum atomic E-state index is -3.77. The molecule has 1 rings (SSSR count). The molecule has 0 aliphatic carbocycles. The van der Waals surface area contributed by atoms with Gasteiger partial charge in [-0.05, 0) is 44.0 Å². The van der Waals surface area contributed by atoms with E-state index < -0.39 is 15.6 Å². The lowest BCUT2D eigenvalue weighted by Crippen LogP contribution is -2.44. The first-order chi connectivity index (χ1) is 8.78. The molecule has 0 radical (unpaired) electrons. The van der Waals surface area contributed by atoms with Crippen LogP contribution < -0.4 is 4.72 Å². The van der Waals surface area contributed by atoms with E-state index in [1.165, 1.54) is 25.1 Å². The molecule has 0 aliphatic heterocycles. The zero-order valence-corrected chi connectivity index (χ0v) is 11.9. The monoisotopic (exact) mass is 277 g/mol. The highest BCUT2D eigenvalue weighted by molar-refractivity contribution is 7.89. The maximum Gasteiger partial charge on any atom is 0.241 e. The Morgan fingerprint density at radius 3 is 2.42 bits per heavy atom. The molecule has 5 nitrogen and oxygen atoms in total. The Hall–Kier alpha value is -1.89. The third-order valence-electron chi connectivity index (χ3n) is 2.94. The fraction of sp³-hybridized carbons (Fsp3) is 0.385. The Labute approximate surface area is 113 Å². The molecule has 6 heteroatoms. The van der Waals surface area contributed by atoms with Crippen molar-refractivity contribution >= 4 is 10.0 Å². The summed E-state index contributed by atoms with van der Waals surface area (Å²) in [7, 11) is -3.77. The van der Waals surface area contributed by atoms with E-state index in [-0.39, 0.29) is 4.90 Å². The highest BCUT2D eigenvalue weighted by atomic mass is 32.2. The number of aryl methyl sites for hydroxylation is 1. The molecule has 0 fully saturated rings. The molecule has 0 saturated carbocycles. The van der Waals surface area contributed by atoms with Crippen LogP contribution in [0.1, 0.15) is 31.4 Å². The average molecular weight is 277 g/mol. The Bertz CT molecular complexity index is 668. The topological polar surface area (TPSA) is 93.8 Å². The van der Waals surface area contributed by atoms with E-state index >= 15 is 0 Å². The molecular weight excluding hydrogens is 262 g/mol. The molecule has 0 aromatic heterocycles. The van der Waals surface area contributed by atoms with Crippen LogP contribution in [0, 0.1) is 29.6 Å². The van der Waals surface area contributed by atoms with Gasteiger partial charge in [-0.3, -0.25) is 0 Å². The van der Waals surface area contributed by atoms with E-state index in [1.807, 2.05) is 12.1 Å². The molecule has 1 aromatic carbocycles. The van der Waals surface area contributed by atoms with Crippen LogP contribution in [0.3, 0.4) is 0 Å². The van der Waals surface area contributed by atoms with Gasteiger partial charge in [0.2, 0.25) is 10.0 Å². The van der Waals surface area contributed by atoms with E-state index in [9.17, 15) is 8.42 Å². The van der Waals surface area contributed by atoms with Gasteiger partial charge in [0.15, 0.2) is 0 Å². The largest absolute Gasteiger partial charge is 0.241 e. The van der Waals surface area contributed by atoms with E-state index in [0.29, 0.717) is 17.5 Å². The van der Waals surface area contributed by atoms with Gasteiger partial charge in [0.05, 0.1) is 22.6 Å². The number of rotatable bonds is 4. The summed E-state index contributed by atoms with van der Waals surface area (Å²) in [5.41, 5.74) is -0.126. The molecule has 1 aromatic rings. The van der Waals surface area contributed by atoms with Gasteiger partial charge in [0.1, 0.15) is 5.54 Å². The predicted molar refractivity (Wildman–Crippen MR) is 70.5 cm³/mol. The maximum atomic E-state index is 12.2. The van der Waals surface area contributed by atoms with Crippen LogP contribution in [0.2, 0.25) is 0 Å². The van der Waals surface area contributed by atoms with Gasteiger partial charge in [-0.15, -0.1) is 0 Å². The molecule has 0 bridgehead atoms. The van der Waals surface area contributed by atoms with Crippen molar-refractivity contribution in [3.8, 4) is 12.1 Å². The normalized spacial score (nSPS) is 14.2. The molecule has 0 spiro atoms. The second-order valence-electron chi connectivity index (χ2n) is 4.49. The van der Waals surface area contributed by atoms with E-state index in [1.54, 1.807) is 13.8 Å². The van der Waals surface area contributed by atoms with Gasteiger partial charge in [-0.25, -0.2) is 8.42 Å². The molecule has 19 heavy (non-hydrogen) atoms. The second kappa shape index (κ2) is 5.40. The van der Waals surface area contributed by atoms with Crippen molar-refractivity contribution in [3.63, 3.8) is 0 Å². The number of nitrogens with one attached hydrogen (secondary N) is 1. The summed E-state index contributed by atoms with van der Waals surface area (Å²) in [4.78, 5) is 0.0546. The molecule has 1 atom stereocenters. The van der Waals surface area contributed by atoms with E-state index in [4.69, 9.17) is 10.5 Å². The fourth-order valence-corrected chi connectivity index (χ4v) is 2.94. The Morgan fingerprint density at radius 2 is 2.00 bits per heavy atom. The number of nitriles is 2. The van der Waals surface area contributed by atoms with Crippen LogP contribution in [0.15, 0.2) is 23.1 Å². The van der Waals surface area contributed by atoms with Crippen molar-refractivity contribution < 1.29 is 8.42 Å². The van der Waals surface area contributed by atoms with Gasteiger partial charge in [0, 0.05) is 0 Å². The van der Waals surface area contributed by atoms with Gasteiger partial charge < -0.3 is 0 Å². The third-order valence-corrected chi connectivity index (χ3v) is 4.54. The highest BCUT2D eigenvalue weighted by Crippen LogP contribution is 2.18. The lowest BCUT2D eigenvalue weighted by Gasteiger charge is -2.21. The van der Waals surface area contributed by atoms with Crippen molar-refractivity contribution in [2.24, 2.45) is 0 Å². The number of sulfonamides is 1. The van der Waals surface area contributed by atoms with Crippen LogP contribution >= 0.6 is 0 Å². The summed E-state index contributed by atoms with van der Waals surface area (Å²) in [5.74, 6) is 0. The molecular formula is C13H15N3O2S. The zero-order valence-electron chi connectivity index (χ0n) is 11.1. The van der Waals surface area contributed by atoms with Crippen LogP contribution in [0.5, 0.6) is 0 Å². The van der Waals surface area contributed by atoms with Crippen molar-refractivity contribution in [1.29, 1.82) is 10.5 Å². The van der Waals surface area contributed by atoms with Gasteiger partial charge >= 0.3 is 0 Å². The van der Waals surface area contributed by atoms with Crippen LogP contribution in [0.4, 0.5) is 0 Å². The number of hydrogen-bond donors (Lipinski definition) is 1. The van der Waals surface area contributed by atoms with Crippen molar-refractivity contribution in [2.45, 2.75) is 37.6 Å². The summed E-state index contributed by atoms with van der Waals surface area (Å²) in [5, 5.41) is 17.8. The fourth-order valence-electron chi connectivity index (χ4n) is 1.46. The van der Waals surface area contributed by atoms with Crippen molar-refractivity contribution in [1.82, 2.24) is 4.72 Å². The van der Waals surface area contributed by atoms with E-state index in [0.717, 1.165) is 0 Å². The second-order valence-corrected chi connectivity index (χ2v) is 6.17. The molecule has 0 amide bonds.